The minimum Gasteiger partial charge on any atom is -0.475 e. The predicted molar refractivity (Wildman–Crippen MR) is 62.7 cm³/mol. The van der Waals surface area contributed by atoms with Crippen LogP contribution in [-0.2, 0) is 13.0 Å². The third kappa shape index (κ3) is 2.82. The first-order valence-electron chi connectivity index (χ1n) is 5.64. The van der Waals surface area contributed by atoms with Gasteiger partial charge in [-0.3, -0.25) is 4.79 Å². The molecule has 0 aromatic carbocycles. The van der Waals surface area contributed by atoms with Crippen LogP contribution in [-0.4, -0.2) is 22.0 Å². The maximum absolute atomic E-state index is 11.8. The SMILES string of the molecule is CCc1ocnc1C(=O)NCc1ccc(C(=O)O)o1. The Balaban J connectivity index is 1.98. The van der Waals surface area contributed by atoms with Gasteiger partial charge in [0, 0.05) is 6.42 Å². The van der Waals surface area contributed by atoms with E-state index in [0.29, 0.717) is 17.9 Å². The van der Waals surface area contributed by atoms with E-state index < -0.39 is 5.97 Å². The molecule has 100 valence electrons. The molecule has 0 aliphatic heterocycles. The van der Waals surface area contributed by atoms with Gasteiger partial charge in [-0.25, -0.2) is 9.78 Å². The molecule has 19 heavy (non-hydrogen) atoms. The van der Waals surface area contributed by atoms with Crippen molar-refractivity contribution in [3.63, 3.8) is 0 Å². The van der Waals surface area contributed by atoms with Gasteiger partial charge < -0.3 is 19.3 Å². The summed E-state index contributed by atoms with van der Waals surface area (Å²) in [6.07, 6.45) is 1.77. The lowest BCUT2D eigenvalue weighted by molar-refractivity contribution is 0.0660. The third-order valence-corrected chi connectivity index (χ3v) is 2.47. The van der Waals surface area contributed by atoms with E-state index in [-0.39, 0.29) is 23.9 Å². The number of aryl methyl sites for hydroxylation is 1. The molecule has 0 aliphatic rings. The monoisotopic (exact) mass is 264 g/mol. The number of oxazole rings is 1. The van der Waals surface area contributed by atoms with Crippen LogP contribution in [0.15, 0.2) is 27.4 Å². The molecule has 2 rings (SSSR count). The summed E-state index contributed by atoms with van der Waals surface area (Å²) in [6, 6.07) is 2.82. The second kappa shape index (κ2) is 5.38. The van der Waals surface area contributed by atoms with Gasteiger partial charge in [0.05, 0.1) is 6.54 Å². The number of carbonyl (C=O) groups excluding carboxylic acids is 1. The standard InChI is InChI=1S/C12H12N2O5/c1-2-8-10(14-6-18-8)11(15)13-5-7-3-4-9(19-7)12(16)17/h3-4,6H,2,5H2,1H3,(H,13,15)(H,16,17). The topological polar surface area (TPSA) is 106 Å². The van der Waals surface area contributed by atoms with Crippen LogP contribution in [0, 0.1) is 0 Å². The molecule has 0 fully saturated rings. The number of carboxylic acids is 1. The first-order valence-corrected chi connectivity index (χ1v) is 5.64. The van der Waals surface area contributed by atoms with Crippen molar-refractivity contribution in [2.45, 2.75) is 19.9 Å². The van der Waals surface area contributed by atoms with Crippen LogP contribution in [0.25, 0.3) is 0 Å². The summed E-state index contributed by atoms with van der Waals surface area (Å²) in [4.78, 5) is 26.3. The zero-order valence-electron chi connectivity index (χ0n) is 10.2. The average molecular weight is 264 g/mol. The lowest BCUT2D eigenvalue weighted by Crippen LogP contribution is -2.23. The number of amides is 1. The van der Waals surface area contributed by atoms with Gasteiger partial charge in [0.25, 0.3) is 5.91 Å². The zero-order valence-corrected chi connectivity index (χ0v) is 10.2. The highest BCUT2D eigenvalue weighted by atomic mass is 16.4. The second-order valence-electron chi connectivity index (χ2n) is 3.73. The minimum absolute atomic E-state index is 0.0854. The molecule has 2 aromatic heterocycles. The largest absolute Gasteiger partial charge is 0.475 e. The quantitative estimate of drug-likeness (QED) is 0.846. The summed E-state index contributed by atoms with van der Waals surface area (Å²) in [7, 11) is 0. The van der Waals surface area contributed by atoms with E-state index in [0.717, 1.165) is 0 Å². The lowest BCUT2D eigenvalue weighted by Gasteiger charge is -2.01. The zero-order chi connectivity index (χ0) is 13.8. The number of rotatable bonds is 5. The second-order valence-corrected chi connectivity index (χ2v) is 3.73. The molecule has 2 heterocycles. The van der Waals surface area contributed by atoms with Crippen LogP contribution in [0.3, 0.4) is 0 Å². The fourth-order valence-corrected chi connectivity index (χ4v) is 1.55. The van der Waals surface area contributed by atoms with Crippen molar-refractivity contribution in [2.24, 2.45) is 0 Å². The number of hydrogen-bond acceptors (Lipinski definition) is 5. The molecule has 1 amide bonds. The van der Waals surface area contributed by atoms with Crippen molar-refractivity contribution >= 4 is 11.9 Å². The van der Waals surface area contributed by atoms with E-state index in [4.69, 9.17) is 13.9 Å². The van der Waals surface area contributed by atoms with E-state index in [2.05, 4.69) is 10.3 Å². The van der Waals surface area contributed by atoms with Crippen LogP contribution in [0.4, 0.5) is 0 Å². The van der Waals surface area contributed by atoms with Gasteiger partial charge in [0.2, 0.25) is 5.76 Å². The highest BCUT2D eigenvalue weighted by molar-refractivity contribution is 5.93. The van der Waals surface area contributed by atoms with E-state index in [9.17, 15) is 9.59 Å². The molecule has 0 radical (unpaired) electrons. The average Bonchev–Trinajstić information content (AvgIpc) is 3.04. The Morgan fingerprint density at radius 1 is 1.42 bits per heavy atom. The predicted octanol–water partition coefficient (Wildman–Crippen LogP) is 1.46. The van der Waals surface area contributed by atoms with Crippen molar-refractivity contribution in [1.29, 1.82) is 0 Å². The van der Waals surface area contributed by atoms with Gasteiger partial charge in [0.1, 0.15) is 11.5 Å². The molecular weight excluding hydrogens is 252 g/mol. The highest BCUT2D eigenvalue weighted by Crippen LogP contribution is 2.10. The molecule has 2 aromatic rings. The Kier molecular flexibility index (Phi) is 3.65. The van der Waals surface area contributed by atoms with Crippen molar-refractivity contribution in [2.75, 3.05) is 0 Å². The van der Waals surface area contributed by atoms with Gasteiger partial charge in [0.15, 0.2) is 12.1 Å². The number of nitrogens with zero attached hydrogens (tertiary/aromatic N) is 1. The van der Waals surface area contributed by atoms with Crippen molar-refractivity contribution in [1.82, 2.24) is 10.3 Å². The Morgan fingerprint density at radius 3 is 2.84 bits per heavy atom. The Morgan fingerprint density at radius 2 is 2.21 bits per heavy atom. The fourth-order valence-electron chi connectivity index (χ4n) is 1.55. The number of carbonyl (C=O) groups is 2. The van der Waals surface area contributed by atoms with E-state index >= 15 is 0 Å². The summed E-state index contributed by atoms with van der Waals surface area (Å²) in [5, 5.41) is 11.3. The highest BCUT2D eigenvalue weighted by Gasteiger charge is 2.16. The maximum Gasteiger partial charge on any atom is 0.371 e. The minimum atomic E-state index is -1.15. The number of nitrogens with one attached hydrogen (secondary N) is 1. The smallest absolute Gasteiger partial charge is 0.371 e. The summed E-state index contributed by atoms with van der Waals surface area (Å²) < 4.78 is 10.1. The van der Waals surface area contributed by atoms with Crippen LogP contribution >= 0.6 is 0 Å². The fraction of sp³-hybridized carbons (Fsp3) is 0.250. The molecule has 2 N–H and O–H groups in total. The number of furan rings is 1. The van der Waals surface area contributed by atoms with E-state index in [1.165, 1.54) is 18.5 Å². The van der Waals surface area contributed by atoms with Crippen molar-refractivity contribution < 1.29 is 23.5 Å². The molecule has 0 atom stereocenters. The number of carboxylic acid groups (broad SMARTS) is 1. The van der Waals surface area contributed by atoms with Gasteiger partial charge in [-0.05, 0) is 12.1 Å². The molecule has 0 spiro atoms. The van der Waals surface area contributed by atoms with Crippen LogP contribution in [0.5, 0.6) is 0 Å². The molecule has 0 aliphatic carbocycles. The van der Waals surface area contributed by atoms with Crippen molar-refractivity contribution in [3.05, 3.63) is 41.5 Å². The number of hydrogen-bond donors (Lipinski definition) is 2. The summed E-state index contributed by atoms with van der Waals surface area (Å²) in [5.41, 5.74) is 0.229. The summed E-state index contributed by atoms with van der Waals surface area (Å²) in [6.45, 7) is 1.94. The first-order chi connectivity index (χ1) is 9.11. The molecule has 7 heteroatoms. The molecule has 0 saturated heterocycles. The molecule has 0 bridgehead atoms. The summed E-state index contributed by atoms with van der Waals surface area (Å²) in [5.74, 6) is -0.850. The van der Waals surface area contributed by atoms with Gasteiger partial charge in [-0.15, -0.1) is 0 Å². The number of aromatic nitrogens is 1. The molecular formula is C12H12N2O5. The third-order valence-electron chi connectivity index (χ3n) is 2.47. The van der Waals surface area contributed by atoms with E-state index in [1.807, 2.05) is 6.92 Å². The Labute approximate surface area is 108 Å². The van der Waals surface area contributed by atoms with Gasteiger partial charge >= 0.3 is 5.97 Å². The first kappa shape index (κ1) is 12.9. The molecule has 0 unspecified atom stereocenters. The number of aromatic carboxylic acids is 1. The molecule has 0 saturated carbocycles. The maximum atomic E-state index is 11.8. The van der Waals surface area contributed by atoms with Crippen LogP contribution < -0.4 is 5.32 Å². The van der Waals surface area contributed by atoms with Gasteiger partial charge in [-0.1, -0.05) is 6.92 Å². The van der Waals surface area contributed by atoms with Crippen molar-refractivity contribution in [3.8, 4) is 0 Å². The summed E-state index contributed by atoms with van der Waals surface area (Å²) >= 11 is 0. The Hall–Kier alpha value is -2.57. The van der Waals surface area contributed by atoms with Crippen LogP contribution in [0.2, 0.25) is 0 Å². The van der Waals surface area contributed by atoms with Crippen LogP contribution in [0.1, 0.15) is 39.5 Å². The van der Waals surface area contributed by atoms with Gasteiger partial charge in [-0.2, -0.15) is 0 Å². The van der Waals surface area contributed by atoms with E-state index in [1.54, 1.807) is 0 Å². The molecule has 7 nitrogen and oxygen atoms in total. The lowest BCUT2D eigenvalue weighted by atomic mass is 10.2. The Bertz CT molecular complexity index is 599. The normalized spacial score (nSPS) is 10.4.